The lowest BCUT2D eigenvalue weighted by molar-refractivity contribution is -0.124. The first-order valence-electron chi connectivity index (χ1n) is 24.9. The number of hydrogen-bond donors (Lipinski definition) is 4. The van der Waals surface area contributed by atoms with Crippen molar-refractivity contribution in [3.63, 3.8) is 0 Å². The van der Waals surface area contributed by atoms with Crippen LogP contribution in [0.2, 0.25) is 0 Å². The number of aliphatic hydroxyl groups is 3. The molecule has 57 heavy (non-hydrogen) atoms. The highest BCUT2D eigenvalue weighted by Gasteiger charge is 2.26. The van der Waals surface area contributed by atoms with Crippen molar-refractivity contribution in [1.82, 2.24) is 5.32 Å². The van der Waals surface area contributed by atoms with Crippen LogP contribution in [0, 0.1) is 0 Å². The monoisotopic (exact) mass is 800 g/mol. The molecule has 0 heterocycles. The smallest absolute Gasteiger partial charge is 0.220 e. The zero-order valence-electron chi connectivity index (χ0n) is 38.0. The first-order chi connectivity index (χ1) is 28.1. The molecular formula is C52H97NO4. The Morgan fingerprint density at radius 2 is 0.807 bits per heavy atom. The van der Waals surface area contributed by atoms with Crippen LogP contribution in [0.3, 0.4) is 0 Å². The van der Waals surface area contributed by atoms with Gasteiger partial charge in [0.15, 0.2) is 0 Å². The van der Waals surface area contributed by atoms with Crippen molar-refractivity contribution in [3.8, 4) is 0 Å². The molecule has 0 aromatic rings. The number of amides is 1. The van der Waals surface area contributed by atoms with Gasteiger partial charge in [-0.25, -0.2) is 0 Å². The van der Waals surface area contributed by atoms with Gasteiger partial charge in [0.05, 0.1) is 18.8 Å². The van der Waals surface area contributed by atoms with Crippen LogP contribution in [0.25, 0.3) is 0 Å². The molecule has 0 aliphatic heterocycles. The molecule has 3 atom stereocenters. The largest absolute Gasteiger partial charge is 0.394 e. The van der Waals surface area contributed by atoms with E-state index in [0.717, 1.165) is 57.8 Å². The predicted octanol–water partition coefficient (Wildman–Crippen LogP) is 14.9. The number of allylic oxidation sites excluding steroid dienone is 8. The molecule has 0 radical (unpaired) electrons. The van der Waals surface area contributed by atoms with Gasteiger partial charge in [0.25, 0.3) is 0 Å². The van der Waals surface area contributed by atoms with Crippen LogP contribution >= 0.6 is 0 Å². The lowest BCUT2D eigenvalue weighted by Gasteiger charge is -2.26. The maximum Gasteiger partial charge on any atom is 0.220 e. The third-order valence-corrected chi connectivity index (χ3v) is 11.4. The molecular weight excluding hydrogens is 703 g/mol. The molecule has 0 aromatic heterocycles. The normalized spacial score (nSPS) is 13.8. The number of rotatable bonds is 45. The Morgan fingerprint density at radius 1 is 0.439 bits per heavy atom. The molecule has 0 fully saturated rings. The Labute approximate surface area is 355 Å². The van der Waals surface area contributed by atoms with E-state index >= 15 is 0 Å². The first kappa shape index (κ1) is 55.3. The molecule has 5 nitrogen and oxygen atoms in total. The average molecular weight is 800 g/mol. The van der Waals surface area contributed by atoms with E-state index < -0.39 is 18.2 Å². The molecule has 5 heteroatoms. The Hall–Kier alpha value is -1.69. The van der Waals surface area contributed by atoms with Crippen molar-refractivity contribution in [3.05, 3.63) is 48.6 Å². The van der Waals surface area contributed by atoms with Gasteiger partial charge in [-0.1, -0.05) is 217 Å². The lowest BCUT2D eigenvalue weighted by Crippen LogP contribution is -2.50. The van der Waals surface area contributed by atoms with Crippen LogP contribution in [-0.4, -0.2) is 46.1 Å². The zero-order valence-corrected chi connectivity index (χ0v) is 38.0. The molecule has 0 saturated heterocycles. The van der Waals surface area contributed by atoms with E-state index in [1.807, 2.05) is 0 Å². The van der Waals surface area contributed by atoms with Crippen LogP contribution in [0.4, 0.5) is 0 Å². The minimum Gasteiger partial charge on any atom is -0.394 e. The summed E-state index contributed by atoms with van der Waals surface area (Å²) < 4.78 is 0. The van der Waals surface area contributed by atoms with Crippen LogP contribution in [0.15, 0.2) is 48.6 Å². The summed E-state index contributed by atoms with van der Waals surface area (Å²) >= 11 is 0. The molecule has 0 bridgehead atoms. The summed E-state index contributed by atoms with van der Waals surface area (Å²) in [6, 6.07) is -0.831. The highest BCUT2D eigenvalue weighted by atomic mass is 16.3. The van der Waals surface area contributed by atoms with E-state index in [4.69, 9.17) is 0 Å². The van der Waals surface area contributed by atoms with Crippen molar-refractivity contribution in [2.24, 2.45) is 0 Å². The second kappa shape index (κ2) is 47.0. The second-order valence-electron chi connectivity index (χ2n) is 17.0. The molecule has 0 aliphatic carbocycles. The SMILES string of the molecule is CCC/C=C/CC/C=C/CCCC(O)C(O)C(CO)NC(=O)CCCCCCCCCCCCCCCCCCC/C=C\C/C=C\CCCCCCCCCCC. The van der Waals surface area contributed by atoms with Crippen molar-refractivity contribution in [2.45, 2.75) is 270 Å². The van der Waals surface area contributed by atoms with Gasteiger partial charge in [-0.3, -0.25) is 4.79 Å². The van der Waals surface area contributed by atoms with Gasteiger partial charge in [-0.2, -0.15) is 0 Å². The predicted molar refractivity (Wildman–Crippen MR) is 250 cm³/mol. The highest BCUT2D eigenvalue weighted by Crippen LogP contribution is 2.16. The molecule has 0 spiro atoms. The van der Waals surface area contributed by atoms with E-state index in [9.17, 15) is 20.1 Å². The van der Waals surface area contributed by atoms with E-state index in [1.165, 1.54) is 167 Å². The molecule has 0 aliphatic rings. The Morgan fingerprint density at radius 3 is 1.25 bits per heavy atom. The first-order valence-corrected chi connectivity index (χ1v) is 24.9. The van der Waals surface area contributed by atoms with Crippen LogP contribution in [0.5, 0.6) is 0 Å². The minimum atomic E-state index is -1.17. The van der Waals surface area contributed by atoms with Crippen molar-refractivity contribution in [2.75, 3.05) is 6.61 Å². The summed E-state index contributed by atoms with van der Waals surface area (Å²) in [6.45, 7) is 4.09. The molecule has 3 unspecified atom stereocenters. The Kier molecular flexibility index (Phi) is 45.6. The Balaban J connectivity index is 3.50. The number of aliphatic hydroxyl groups excluding tert-OH is 3. The standard InChI is InChI=1S/C52H97NO4/c1-3-5-7-9-11-13-15-16-17-18-19-20-21-22-23-24-25-26-27-28-29-30-31-32-33-34-35-36-37-39-41-43-45-47-51(56)53-49(48-54)52(57)50(55)46-44-42-40-38-14-12-10-8-6-4-2/h8,10,19-20,22-23,38,40,49-50,52,54-55,57H,3-7,9,11-18,21,24-37,39,41-48H2,1-2H3,(H,53,56)/b10-8+,20-19-,23-22-,40-38+. The van der Waals surface area contributed by atoms with Crippen LogP contribution in [0.1, 0.15) is 251 Å². The van der Waals surface area contributed by atoms with E-state index in [2.05, 4.69) is 67.8 Å². The molecule has 334 valence electrons. The summed E-state index contributed by atoms with van der Waals surface area (Å²) in [4.78, 5) is 12.4. The van der Waals surface area contributed by atoms with Crippen molar-refractivity contribution < 1.29 is 20.1 Å². The summed E-state index contributed by atoms with van der Waals surface area (Å²) in [5.74, 6) is -0.159. The summed E-state index contributed by atoms with van der Waals surface area (Å²) in [5, 5.41) is 33.4. The van der Waals surface area contributed by atoms with Crippen LogP contribution < -0.4 is 5.32 Å². The molecule has 0 aromatic carbocycles. The average Bonchev–Trinajstić information content (AvgIpc) is 3.22. The molecule has 4 N–H and O–H groups in total. The van der Waals surface area contributed by atoms with Crippen molar-refractivity contribution in [1.29, 1.82) is 0 Å². The fraction of sp³-hybridized carbons (Fsp3) is 0.827. The number of nitrogens with one attached hydrogen (secondary N) is 1. The van der Waals surface area contributed by atoms with E-state index in [-0.39, 0.29) is 12.5 Å². The highest BCUT2D eigenvalue weighted by molar-refractivity contribution is 5.76. The summed E-state index contributed by atoms with van der Waals surface area (Å²) in [7, 11) is 0. The lowest BCUT2D eigenvalue weighted by atomic mass is 10.0. The van der Waals surface area contributed by atoms with Crippen LogP contribution in [-0.2, 0) is 4.79 Å². The maximum atomic E-state index is 12.4. The van der Waals surface area contributed by atoms with Crippen molar-refractivity contribution >= 4 is 5.91 Å². The third-order valence-electron chi connectivity index (χ3n) is 11.4. The number of carbonyl (C=O) groups is 1. The molecule has 0 rings (SSSR count). The quantitative estimate of drug-likeness (QED) is 0.0365. The number of hydrogen-bond acceptors (Lipinski definition) is 4. The second-order valence-corrected chi connectivity index (χ2v) is 17.0. The maximum absolute atomic E-state index is 12.4. The van der Waals surface area contributed by atoms with Gasteiger partial charge in [-0.05, 0) is 77.0 Å². The van der Waals surface area contributed by atoms with Gasteiger partial charge in [-0.15, -0.1) is 0 Å². The molecule has 0 saturated carbocycles. The van der Waals surface area contributed by atoms with Gasteiger partial charge < -0.3 is 20.6 Å². The number of unbranched alkanes of at least 4 members (excludes halogenated alkanes) is 29. The fourth-order valence-electron chi connectivity index (χ4n) is 7.51. The third kappa shape index (κ3) is 42.2. The zero-order chi connectivity index (χ0) is 41.5. The molecule has 1 amide bonds. The Bertz CT molecular complexity index is 927. The van der Waals surface area contributed by atoms with Gasteiger partial charge in [0, 0.05) is 6.42 Å². The van der Waals surface area contributed by atoms with Gasteiger partial charge >= 0.3 is 0 Å². The van der Waals surface area contributed by atoms with Gasteiger partial charge in [0.1, 0.15) is 6.10 Å². The fourth-order valence-corrected chi connectivity index (χ4v) is 7.51. The van der Waals surface area contributed by atoms with E-state index in [1.54, 1.807) is 0 Å². The van der Waals surface area contributed by atoms with Gasteiger partial charge in [0.2, 0.25) is 5.91 Å². The topological polar surface area (TPSA) is 89.8 Å². The van der Waals surface area contributed by atoms with E-state index in [0.29, 0.717) is 12.8 Å². The number of carbonyl (C=O) groups excluding carboxylic acids is 1. The summed E-state index contributed by atoms with van der Waals surface area (Å²) in [5.41, 5.74) is 0. The summed E-state index contributed by atoms with van der Waals surface area (Å²) in [6.07, 6.45) is 61.3. The minimum absolute atomic E-state index is 0.159.